The Morgan fingerprint density at radius 3 is 2.52 bits per heavy atom. The summed E-state index contributed by atoms with van der Waals surface area (Å²) in [6.45, 7) is 1.42. The van der Waals surface area contributed by atoms with Gasteiger partial charge in [0, 0.05) is 44.8 Å². The largest absolute Gasteiger partial charge is 0.467 e. The number of aromatic nitrogens is 1. The van der Waals surface area contributed by atoms with Crippen molar-refractivity contribution < 1.29 is 18.7 Å². The smallest absolute Gasteiger partial charge is 0.254 e. The van der Waals surface area contributed by atoms with Crippen LogP contribution in [0.4, 0.5) is 0 Å². The minimum absolute atomic E-state index is 0.0894. The van der Waals surface area contributed by atoms with E-state index in [0.29, 0.717) is 49.0 Å². The molecule has 176 valence electrons. The number of rotatable bonds is 11. The number of hydrogen-bond donors (Lipinski definition) is 0. The molecule has 9 heteroatoms. The average molecular weight is 492 g/mol. The normalized spacial score (nSPS) is 10.9. The van der Waals surface area contributed by atoms with E-state index in [0.717, 1.165) is 5.69 Å². The number of carbonyl (C=O) groups is 2. The fourth-order valence-electron chi connectivity index (χ4n) is 3.41. The highest BCUT2D eigenvalue weighted by Gasteiger charge is 2.24. The zero-order chi connectivity index (χ0) is 23.8. The van der Waals surface area contributed by atoms with Gasteiger partial charge in [-0.05, 0) is 48.9 Å². The van der Waals surface area contributed by atoms with Crippen molar-refractivity contribution in [3.8, 4) is 0 Å². The second kappa shape index (κ2) is 11.9. The van der Waals surface area contributed by atoms with Crippen LogP contribution >= 0.6 is 23.2 Å². The summed E-state index contributed by atoms with van der Waals surface area (Å²) in [5.74, 6) is 0.174. The highest BCUT2D eigenvalue weighted by molar-refractivity contribution is 6.42. The van der Waals surface area contributed by atoms with Gasteiger partial charge in [-0.1, -0.05) is 23.2 Å². The predicted molar refractivity (Wildman–Crippen MR) is 127 cm³/mol. The standard InChI is InChI=1S/C24H27Cl2N3O4/c1-27-10-3-6-19(27)15-29(16-20-7-4-13-33-20)23(30)17-28(11-5-12-32-2)24(31)18-8-9-21(25)22(26)14-18/h3-4,6-10,13-14H,5,11-12,15-17H2,1-2H3. The molecule has 0 atom stereocenters. The topological polar surface area (TPSA) is 67.9 Å². The molecule has 0 N–H and O–H groups in total. The van der Waals surface area contributed by atoms with E-state index in [1.54, 1.807) is 36.5 Å². The van der Waals surface area contributed by atoms with E-state index in [1.807, 2.05) is 36.0 Å². The second-order valence-electron chi connectivity index (χ2n) is 7.64. The summed E-state index contributed by atoms with van der Waals surface area (Å²) in [4.78, 5) is 29.8. The van der Waals surface area contributed by atoms with E-state index < -0.39 is 0 Å². The van der Waals surface area contributed by atoms with Crippen molar-refractivity contribution in [1.82, 2.24) is 14.4 Å². The van der Waals surface area contributed by atoms with Crippen LogP contribution in [-0.4, -0.2) is 53.0 Å². The number of amides is 2. The Hall–Kier alpha value is -2.74. The van der Waals surface area contributed by atoms with Gasteiger partial charge in [0.25, 0.3) is 5.91 Å². The molecular formula is C24H27Cl2N3O4. The van der Waals surface area contributed by atoms with Crippen LogP contribution in [0.15, 0.2) is 59.3 Å². The molecule has 0 saturated carbocycles. The highest BCUT2D eigenvalue weighted by atomic mass is 35.5. The Kier molecular flexibility index (Phi) is 9.00. The summed E-state index contributed by atoms with van der Waals surface area (Å²) >= 11 is 12.1. The summed E-state index contributed by atoms with van der Waals surface area (Å²) in [6, 6.07) is 12.2. The van der Waals surface area contributed by atoms with Crippen molar-refractivity contribution in [2.24, 2.45) is 7.05 Å². The lowest BCUT2D eigenvalue weighted by molar-refractivity contribution is -0.133. The van der Waals surface area contributed by atoms with Crippen molar-refractivity contribution in [3.63, 3.8) is 0 Å². The minimum atomic E-state index is -0.296. The molecule has 0 aliphatic heterocycles. The zero-order valence-electron chi connectivity index (χ0n) is 18.7. The van der Waals surface area contributed by atoms with Crippen LogP contribution in [0, 0.1) is 0 Å². The van der Waals surface area contributed by atoms with Crippen LogP contribution in [0.2, 0.25) is 10.0 Å². The molecule has 3 aromatic rings. The van der Waals surface area contributed by atoms with Gasteiger partial charge >= 0.3 is 0 Å². The first kappa shape index (κ1) is 24.9. The van der Waals surface area contributed by atoms with Crippen LogP contribution in [0.5, 0.6) is 0 Å². The lowest BCUT2D eigenvalue weighted by atomic mass is 10.2. The molecule has 0 aliphatic carbocycles. The first-order valence-corrected chi connectivity index (χ1v) is 11.3. The maximum absolute atomic E-state index is 13.4. The third-order valence-corrected chi connectivity index (χ3v) is 5.98. The van der Waals surface area contributed by atoms with Crippen molar-refractivity contribution in [1.29, 1.82) is 0 Å². The third-order valence-electron chi connectivity index (χ3n) is 5.24. The number of aryl methyl sites for hydroxylation is 1. The molecule has 2 aromatic heterocycles. The van der Waals surface area contributed by atoms with Gasteiger partial charge in [-0.3, -0.25) is 9.59 Å². The molecule has 0 bridgehead atoms. The number of benzene rings is 1. The quantitative estimate of drug-likeness (QED) is 0.366. The Morgan fingerprint density at radius 1 is 1.06 bits per heavy atom. The van der Waals surface area contributed by atoms with Gasteiger partial charge in [-0.15, -0.1) is 0 Å². The number of halogens is 2. The van der Waals surface area contributed by atoms with Crippen molar-refractivity contribution in [2.75, 3.05) is 26.8 Å². The number of furan rings is 1. The summed E-state index contributed by atoms with van der Waals surface area (Å²) in [6.07, 6.45) is 4.09. The number of hydrogen-bond acceptors (Lipinski definition) is 4. The first-order valence-electron chi connectivity index (χ1n) is 10.5. The van der Waals surface area contributed by atoms with E-state index in [-0.39, 0.29) is 23.4 Å². The molecule has 0 spiro atoms. The number of nitrogens with zero attached hydrogens (tertiary/aromatic N) is 3. The minimum Gasteiger partial charge on any atom is -0.467 e. The van der Waals surface area contributed by atoms with Crippen LogP contribution < -0.4 is 0 Å². The Labute approximate surface area is 203 Å². The predicted octanol–water partition coefficient (Wildman–Crippen LogP) is 4.63. The second-order valence-corrected chi connectivity index (χ2v) is 8.46. The summed E-state index contributed by atoms with van der Waals surface area (Å²) < 4.78 is 12.6. The lowest BCUT2D eigenvalue weighted by Gasteiger charge is -2.27. The fraction of sp³-hybridized carbons (Fsp3) is 0.333. The van der Waals surface area contributed by atoms with Crippen molar-refractivity contribution >= 4 is 35.0 Å². The van der Waals surface area contributed by atoms with Gasteiger partial charge in [0.15, 0.2) is 0 Å². The molecule has 0 aliphatic rings. The van der Waals surface area contributed by atoms with Crippen LogP contribution in [0.3, 0.4) is 0 Å². The zero-order valence-corrected chi connectivity index (χ0v) is 20.2. The molecule has 33 heavy (non-hydrogen) atoms. The van der Waals surface area contributed by atoms with Crippen molar-refractivity contribution in [3.05, 3.63) is 82.0 Å². The molecule has 3 rings (SSSR count). The summed E-state index contributed by atoms with van der Waals surface area (Å²) in [7, 11) is 3.52. The highest BCUT2D eigenvalue weighted by Crippen LogP contribution is 2.23. The van der Waals surface area contributed by atoms with E-state index >= 15 is 0 Å². The van der Waals surface area contributed by atoms with Crippen LogP contribution in [-0.2, 0) is 29.7 Å². The number of carbonyl (C=O) groups excluding carboxylic acids is 2. The number of ether oxygens (including phenoxy) is 1. The molecule has 0 radical (unpaired) electrons. The molecule has 1 aromatic carbocycles. The summed E-state index contributed by atoms with van der Waals surface area (Å²) in [5.41, 5.74) is 1.34. The maximum atomic E-state index is 13.4. The molecule has 0 unspecified atom stereocenters. The van der Waals surface area contributed by atoms with E-state index in [2.05, 4.69) is 0 Å². The SMILES string of the molecule is COCCCN(CC(=O)N(Cc1ccco1)Cc1cccn1C)C(=O)c1ccc(Cl)c(Cl)c1. The van der Waals surface area contributed by atoms with E-state index in [9.17, 15) is 9.59 Å². The lowest BCUT2D eigenvalue weighted by Crippen LogP contribution is -2.43. The molecule has 0 saturated heterocycles. The van der Waals surface area contributed by atoms with Gasteiger partial charge in [-0.25, -0.2) is 0 Å². The monoisotopic (exact) mass is 491 g/mol. The Balaban J connectivity index is 1.80. The molecule has 7 nitrogen and oxygen atoms in total. The van der Waals surface area contributed by atoms with E-state index in [1.165, 1.54) is 11.0 Å². The fourth-order valence-corrected chi connectivity index (χ4v) is 3.70. The van der Waals surface area contributed by atoms with Gasteiger partial charge in [0.2, 0.25) is 5.91 Å². The van der Waals surface area contributed by atoms with Gasteiger partial charge in [0.05, 0.1) is 29.4 Å². The summed E-state index contributed by atoms with van der Waals surface area (Å²) in [5, 5.41) is 0.649. The van der Waals surface area contributed by atoms with Gasteiger partial charge in [0.1, 0.15) is 12.3 Å². The van der Waals surface area contributed by atoms with Crippen LogP contribution in [0.1, 0.15) is 28.2 Å². The average Bonchev–Trinajstić information content (AvgIpc) is 3.46. The van der Waals surface area contributed by atoms with Gasteiger partial charge in [-0.2, -0.15) is 0 Å². The van der Waals surface area contributed by atoms with E-state index in [4.69, 9.17) is 32.4 Å². The first-order chi connectivity index (χ1) is 15.9. The van der Waals surface area contributed by atoms with Crippen molar-refractivity contribution in [2.45, 2.75) is 19.5 Å². The molecule has 2 heterocycles. The Morgan fingerprint density at radius 2 is 1.88 bits per heavy atom. The molecule has 2 amide bonds. The Bertz CT molecular complexity index is 1070. The molecule has 0 fully saturated rings. The number of methoxy groups -OCH3 is 1. The van der Waals surface area contributed by atoms with Gasteiger partial charge < -0.3 is 23.5 Å². The maximum Gasteiger partial charge on any atom is 0.254 e. The molecular weight excluding hydrogens is 465 g/mol. The van der Waals surface area contributed by atoms with Crippen LogP contribution in [0.25, 0.3) is 0 Å². The third kappa shape index (κ3) is 6.87.